The molecular weight excluding hydrogens is 384 g/mol. The number of aromatic nitrogens is 2. The minimum atomic E-state index is 0.0189. The first-order valence-corrected chi connectivity index (χ1v) is 10.0. The molecule has 0 bridgehead atoms. The molecule has 0 saturated heterocycles. The maximum absolute atomic E-state index is 13.2. The molecule has 2 heterocycles. The zero-order chi connectivity index (χ0) is 18.4. The lowest BCUT2D eigenvalue weighted by atomic mass is 10.1. The Morgan fingerprint density at radius 1 is 1.15 bits per heavy atom. The van der Waals surface area contributed by atoms with Crippen molar-refractivity contribution in [2.75, 3.05) is 0 Å². The Bertz CT molecular complexity index is 1250. The predicted molar refractivity (Wildman–Crippen MR) is 113 cm³/mol. The Morgan fingerprint density at radius 3 is 2.65 bits per heavy atom. The fraction of sp³-hybridized carbons (Fsp3) is 0.200. The monoisotopic (exact) mass is 400 g/mol. The van der Waals surface area contributed by atoms with E-state index < -0.39 is 0 Å². The highest BCUT2D eigenvalue weighted by Crippen LogP contribution is 2.34. The van der Waals surface area contributed by atoms with Gasteiger partial charge in [-0.05, 0) is 48.0 Å². The van der Waals surface area contributed by atoms with Crippen molar-refractivity contribution >= 4 is 51.7 Å². The number of hydrogen-bond donors (Lipinski definition) is 0. The highest BCUT2D eigenvalue weighted by molar-refractivity contribution is 7.73. The quantitative estimate of drug-likeness (QED) is 0.393. The molecule has 3 nitrogen and oxygen atoms in total. The molecule has 0 radical (unpaired) electrons. The first-order valence-electron chi connectivity index (χ1n) is 8.40. The first-order chi connectivity index (χ1) is 12.5. The maximum atomic E-state index is 13.2. The van der Waals surface area contributed by atoms with Gasteiger partial charge in [0.2, 0.25) is 0 Å². The van der Waals surface area contributed by atoms with Crippen LogP contribution in [-0.4, -0.2) is 8.97 Å². The second kappa shape index (κ2) is 6.65. The molecule has 0 unspecified atom stereocenters. The molecule has 2 aromatic heterocycles. The van der Waals surface area contributed by atoms with E-state index in [2.05, 4.69) is 13.8 Å². The summed E-state index contributed by atoms with van der Waals surface area (Å²) in [6, 6.07) is 15.3. The molecule has 4 aromatic rings. The molecule has 6 heteroatoms. The van der Waals surface area contributed by atoms with Gasteiger partial charge in [-0.2, -0.15) is 0 Å². The minimum Gasteiger partial charge on any atom is -0.292 e. The molecule has 0 aliphatic carbocycles. The third-order valence-corrected chi connectivity index (χ3v) is 5.94. The summed E-state index contributed by atoms with van der Waals surface area (Å²) >= 11 is 13.4. The fourth-order valence-corrected chi connectivity index (χ4v) is 4.88. The van der Waals surface area contributed by atoms with Crippen LogP contribution < -0.4 is 5.56 Å². The second-order valence-corrected chi connectivity index (χ2v) is 8.77. The number of thiazole rings is 1. The molecular formula is C20H17ClN2OS2. The van der Waals surface area contributed by atoms with E-state index in [1.807, 2.05) is 57.5 Å². The average Bonchev–Trinajstić information content (AvgIpc) is 2.96. The van der Waals surface area contributed by atoms with Crippen LogP contribution in [0.1, 0.15) is 13.8 Å². The maximum Gasteiger partial charge on any atom is 0.261 e. The van der Waals surface area contributed by atoms with Gasteiger partial charge in [0.25, 0.3) is 5.56 Å². The van der Waals surface area contributed by atoms with Crippen LogP contribution in [0.5, 0.6) is 0 Å². The molecule has 0 atom stereocenters. The third-order valence-electron chi connectivity index (χ3n) is 4.30. The summed E-state index contributed by atoms with van der Waals surface area (Å²) in [5.41, 5.74) is 2.69. The van der Waals surface area contributed by atoms with E-state index in [1.54, 1.807) is 0 Å². The predicted octanol–water partition coefficient (Wildman–Crippen LogP) is 6.02. The van der Waals surface area contributed by atoms with Gasteiger partial charge < -0.3 is 0 Å². The van der Waals surface area contributed by atoms with Crippen LogP contribution in [-0.2, 0) is 6.54 Å². The molecule has 0 fully saturated rings. The van der Waals surface area contributed by atoms with Crippen molar-refractivity contribution in [1.29, 1.82) is 0 Å². The fourth-order valence-electron chi connectivity index (χ4n) is 3.27. The van der Waals surface area contributed by atoms with Crippen molar-refractivity contribution in [2.24, 2.45) is 5.92 Å². The lowest BCUT2D eigenvalue weighted by molar-refractivity contribution is 0.521. The van der Waals surface area contributed by atoms with Crippen LogP contribution >= 0.6 is 35.2 Å². The Hall–Kier alpha value is -1.95. The molecule has 0 aliphatic rings. The van der Waals surface area contributed by atoms with E-state index in [9.17, 15) is 4.79 Å². The molecule has 0 N–H and O–H groups in total. The van der Waals surface area contributed by atoms with E-state index in [4.69, 9.17) is 23.8 Å². The summed E-state index contributed by atoms with van der Waals surface area (Å²) in [7, 11) is 0. The average molecular weight is 401 g/mol. The van der Waals surface area contributed by atoms with Crippen LogP contribution in [0.3, 0.4) is 0 Å². The van der Waals surface area contributed by atoms with Crippen molar-refractivity contribution in [3.63, 3.8) is 0 Å². The lowest BCUT2D eigenvalue weighted by Gasteiger charge is -2.15. The molecule has 2 aromatic carbocycles. The molecule has 4 rings (SSSR count). The van der Waals surface area contributed by atoms with Crippen LogP contribution in [0.4, 0.5) is 0 Å². The molecule has 132 valence electrons. The van der Waals surface area contributed by atoms with Gasteiger partial charge in [-0.1, -0.05) is 49.7 Å². The van der Waals surface area contributed by atoms with Gasteiger partial charge in [0.05, 0.1) is 15.8 Å². The highest BCUT2D eigenvalue weighted by atomic mass is 35.5. The normalized spacial score (nSPS) is 11.7. The topological polar surface area (TPSA) is 26.4 Å². The van der Waals surface area contributed by atoms with E-state index in [0.717, 1.165) is 25.6 Å². The Kier molecular flexibility index (Phi) is 4.47. The summed E-state index contributed by atoms with van der Waals surface area (Å²) in [5, 5.41) is 1.35. The van der Waals surface area contributed by atoms with E-state index in [1.165, 1.54) is 11.3 Å². The lowest BCUT2D eigenvalue weighted by Crippen LogP contribution is -2.25. The van der Waals surface area contributed by atoms with Crippen molar-refractivity contribution < 1.29 is 0 Å². The van der Waals surface area contributed by atoms with Gasteiger partial charge in [0.1, 0.15) is 5.65 Å². The van der Waals surface area contributed by atoms with Gasteiger partial charge in [0, 0.05) is 11.6 Å². The van der Waals surface area contributed by atoms with Crippen molar-refractivity contribution in [3.05, 3.63) is 67.9 Å². The molecule has 0 aliphatic heterocycles. The van der Waals surface area contributed by atoms with Crippen molar-refractivity contribution in [2.45, 2.75) is 20.4 Å². The van der Waals surface area contributed by atoms with Gasteiger partial charge in [-0.15, -0.1) is 11.3 Å². The van der Waals surface area contributed by atoms with E-state index in [-0.39, 0.29) is 5.56 Å². The van der Waals surface area contributed by atoms with Gasteiger partial charge >= 0.3 is 0 Å². The number of hydrogen-bond acceptors (Lipinski definition) is 3. The summed E-state index contributed by atoms with van der Waals surface area (Å²) in [4.78, 5) is 14.2. The molecule has 0 saturated carbocycles. The number of nitrogens with zero attached hydrogens (tertiary/aromatic N) is 2. The van der Waals surface area contributed by atoms with E-state index in [0.29, 0.717) is 22.9 Å². The Morgan fingerprint density at radius 2 is 1.92 bits per heavy atom. The molecule has 0 amide bonds. The molecule has 0 spiro atoms. The number of benzene rings is 2. The highest BCUT2D eigenvalue weighted by Gasteiger charge is 2.18. The zero-order valence-corrected chi connectivity index (χ0v) is 16.8. The standard InChI is InChI=1S/C20H17ClN2OS2/c1-12(2)11-22-18-17(13-6-5-7-14(21)10-13)26-20(25)23(18)16-9-4-3-8-15(16)19(22)24/h3-10,12H,11H2,1-2H3. The smallest absolute Gasteiger partial charge is 0.261 e. The number of halogens is 1. The number of rotatable bonds is 3. The summed E-state index contributed by atoms with van der Waals surface area (Å²) in [5.74, 6) is 0.332. The summed E-state index contributed by atoms with van der Waals surface area (Å²) in [6.45, 7) is 4.85. The van der Waals surface area contributed by atoms with Crippen LogP contribution in [0.15, 0.2) is 53.3 Å². The first kappa shape index (κ1) is 17.5. The van der Waals surface area contributed by atoms with Crippen LogP contribution in [0.2, 0.25) is 5.02 Å². The SMILES string of the molecule is CC(C)Cn1c(=O)c2ccccc2n2c(=S)sc(-c3cccc(Cl)c3)c12. The Balaban J connectivity index is 2.23. The van der Waals surface area contributed by atoms with Crippen molar-refractivity contribution in [1.82, 2.24) is 8.97 Å². The third kappa shape index (κ3) is 2.80. The van der Waals surface area contributed by atoms with Gasteiger partial charge in [-0.3, -0.25) is 13.8 Å². The largest absolute Gasteiger partial charge is 0.292 e. The zero-order valence-electron chi connectivity index (χ0n) is 14.4. The van der Waals surface area contributed by atoms with Crippen molar-refractivity contribution in [3.8, 4) is 10.4 Å². The second-order valence-electron chi connectivity index (χ2n) is 6.69. The number of fused-ring (bicyclic) bond motifs is 3. The van der Waals surface area contributed by atoms with Gasteiger partial charge in [-0.25, -0.2) is 0 Å². The van der Waals surface area contributed by atoms with E-state index >= 15 is 0 Å². The van der Waals surface area contributed by atoms with Gasteiger partial charge in [0.15, 0.2) is 3.95 Å². The van der Waals surface area contributed by atoms with Crippen LogP contribution in [0.25, 0.3) is 27.0 Å². The summed E-state index contributed by atoms with van der Waals surface area (Å²) < 4.78 is 4.61. The van der Waals surface area contributed by atoms with Crippen LogP contribution in [0, 0.1) is 9.87 Å². The summed E-state index contributed by atoms with van der Waals surface area (Å²) in [6.07, 6.45) is 0. The number of para-hydroxylation sites is 1. The molecule has 26 heavy (non-hydrogen) atoms. The minimum absolute atomic E-state index is 0.0189. The Labute approximate surface area is 165 Å².